The van der Waals surface area contributed by atoms with E-state index in [2.05, 4.69) is 333 Å². The van der Waals surface area contributed by atoms with E-state index >= 15 is 0 Å². The summed E-state index contributed by atoms with van der Waals surface area (Å²) in [6.45, 7) is 20.7. The molecule has 0 fully saturated rings. The predicted molar refractivity (Wildman–Crippen MR) is 371 cm³/mol. The standard InChI is InChI=1S/C82H70N2O2Si/c1-53-25-21-34-64-65-35-23-39-72(78(65)85-76(53)64)84(57-47-43-55(44-48-57)81(5,6)7)73-52-70-75(63-33-20-19-32-62(63)73)68-50-49-58(51-69(68)82(70,8)9)83(56-45-41-54(42-46-56)80(2,3)4)71-38-22-36-66-67-37-24-40-74(79(67)86-77(66)71)87(59-26-13-10-14-27-59,60-28-15-11-16-29-60)61-30-17-12-18-31-61/h10-52H,1-9H3. The first-order chi connectivity index (χ1) is 42.1. The molecule has 0 bridgehead atoms. The Morgan fingerprint density at radius 3 is 1.31 bits per heavy atom. The van der Waals surface area contributed by atoms with Gasteiger partial charge in [-0.3, -0.25) is 0 Å². The molecule has 15 rings (SSSR count). The van der Waals surface area contributed by atoms with Crippen molar-refractivity contribution >= 4 is 118 Å². The van der Waals surface area contributed by atoms with E-state index in [1.54, 1.807) is 0 Å². The van der Waals surface area contributed by atoms with Crippen molar-refractivity contribution in [2.75, 3.05) is 9.80 Å². The maximum Gasteiger partial charge on any atom is 0.184 e. The highest BCUT2D eigenvalue weighted by Gasteiger charge is 2.44. The van der Waals surface area contributed by atoms with Crippen molar-refractivity contribution in [3.63, 3.8) is 0 Å². The third kappa shape index (κ3) is 8.53. The zero-order valence-corrected chi connectivity index (χ0v) is 52.0. The molecule has 2 heterocycles. The normalized spacial score (nSPS) is 13.2. The average Bonchev–Trinajstić information content (AvgIpc) is 1.74. The van der Waals surface area contributed by atoms with Crippen LogP contribution in [0.15, 0.2) is 270 Å². The van der Waals surface area contributed by atoms with E-state index in [0.717, 1.165) is 83.6 Å². The first kappa shape index (κ1) is 54.0. The summed E-state index contributed by atoms with van der Waals surface area (Å²) in [7, 11) is -3.00. The van der Waals surface area contributed by atoms with Crippen molar-refractivity contribution in [2.45, 2.75) is 78.6 Å². The van der Waals surface area contributed by atoms with Gasteiger partial charge in [-0.25, -0.2) is 0 Å². The Hall–Kier alpha value is -9.68. The van der Waals surface area contributed by atoms with Gasteiger partial charge in [0.05, 0.1) is 17.1 Å². The minimum atomic E-state index is -3.00. The third-order valence-corrected chi connectivity index (χ3v) is 23.6. The number of para-hydroxylation sites is 4. The Morgan fingerprint density at radius 1 is 0.345 bits per heavy atom. The molecule has 0 N–H and O–H groups in total. The lowest BCUT2D eigenvalue weighted by Gasteiger charge is -2.34. The van der Waals surface area contributed by atoms with Crippen LogP contribution in [-0.2, 0) is 16.2 Å². The van der Waals surface area contributed by atoms with Gasteiger partial charge in [0.25, 0.3) is 0 Å². The van der Waals surface area contributed by atoms with Gasteiger partial charge in [0.2, 0.25) is 0 Å². The van der Waals surface area contributed by atoms with Crippen molar-refractivity contribution < 1.29 is 8.83 Å². The Balaban J connectivity index is 0.938. The number of hydrogen-bond donors (Lipinski definition) is 0. The summed E-state index contributed by atoms with van der Waals surface area (Å²) < 4.78 is 14.7. The Labute approximate surface area is 511 Å². The lowest BCUT2D eigenvalue weighted by Crippen LogP contribution is -2.74. The van der Waals surface area contributed by atoms with Gasteiger partial charge in [-0.15, -0.1) is 0 Å². The Morgan fingerprint density at radius 2 is 0.770 bits per heavy atom. The van der Waals surface area contributed by atoms with E-state index in [1.807, 2.05) is 0 Å². The van der Waals surface area contributed by atoms with Crippen LogP contribution in [0.2, 0.25) is 0 Å². The van der Waals surface area contributed by atoms with Gasteiger partial charge >= 0.3 is 0 Å². The fourth-order valence-corrected chi connectivity index (χ4v) is 19.2. The molecule has 0 aliphatic heterocycles. The zero-order chi connectivity index (χ0) is 59.6. The van der Waals surface area contributed by atoms with Gasteiger partial charge in [0.15, 0.2) is 19.2 Å². The van der Waals surface area contributed by atoms with Gasteiger partial charge in [0, 0.05) is 49.4 Å². The van der Waals surface area contributed by atoms with Gasteiger partial charge in [-0.05, 0) is 137 Å². The molecule has 1 aliphatic rings. The molecule has 12 aromatic carbocycles. The first-order valence-electron chi connectivity index (χ1n) is 30.7. The van der Waals surface area contributed by atoms with Crippen molar-refractivity contribution in [3.8, 4) is 11.1 Å². The first-order valence-corrected chi connectivity index (χ1v) is 32.7. The number of furan rings is 2. The number of anilines is 6. The van der Waals surface area contributed by atoms with Crippen molar-refractivity contribution in [2.24, 2.45) is 0 Å². The molecule has 0 atom stereocenters. The largest absolute Gasteiger partial charge is 0.454 e. The summed E-state index contributed by atoms with van der Waals surface area (Å²) in [5.41, 5.74) is 18.1. The van der Waals surface area contributed by atoms with Crippen molar-refractivity contribution in [3.05, 3.63) is 289 Å². The molecule has 14 aromatic rings. The molecule has 0 unspecified atom stereocenters. The second kappa shape index (κ2) is 20.2. The molecule has 424 valence electrons. The number of benzene rings is 12. The molecule has 0 saturated carbocycles. The van der Waals surface area contributed by atoms with Gasteiger partial charge < -0.3 is 18.6 Å². The molecular formula is C82H70N2O2Si. The van der Waals surface area contributed by atoms with E-state index in [0.29, 0.717) is 0 Å². The predicted octanol–water partition coefficient (Wildman–Crippen LogP) is 20.2. The molecule has 1 aliphatic carbocycles. The van der Waals surface area contributed by atoms with E-state index in [9.17, 15) is 0 Å². The van der Waals surface area contributed by atoms with Crippen LogP contribution in [0.3, 0.4) is 0 Å². The van der Waals surface area contributed by atoms with E-state index in [1.165, 1.54) is 64.9 Å². The van der Waals surface area contributed by atoms with Crippen molar-refractivity contribution in [1.29, 1.82) is 0 Å². The monoisotopic (exact) mass is 1140 g/mol. The number of fused-ring (bicyclic) bond motifs is 11. The van der Waals surface area contributed by atoms with Gasteiger partial charge in [-0.2, -0.15) is 0 Å². The molecule has 0 saturated heterocycles. The molecular weight excluding hydrogens is 1070 g/mol. The molecule has 2 aromatic heterocycles. The molecule has 87 heavy (non-hydrogen) atoms. The maximum atomic E-state index is 7.68. The highest BCUT2D eigenvalue weighted by atomic mass is 28.3. The lowest BCUT2D eigenvalue weighted by atomic mass is 9.81. The lowest BCUT2D eigenvalue weighted by molar-refractivity contribution is 0.590. The number of rotatable bonds is 10. The van der Waals surface area contributed by atoms with Crippen molar-refractivity contribution in [1.82, 2.24) is 0 Å². The number of nitrogens with zero attached hydrogens (tertiary/aromatic N) is 2. The number of hydrogen-bond acceptors (Lipinski definition) is 4. The van der Waals surface area contributed by atoms with Gasteiger partial charge in [0.1, 0.15) is 11.2 Å². The van der Waals surface area contributed by atoms with Crippen LogP contribution in [0.1, 0.15) is 83.2 Å². The van der Waals surface area contributed by atoms with Crippen LogP contribution in [0.5, 0.6) is 0 Å². The van der Waals surface area contributed by atoms with Crippen LogP contribution in [0.4, 0.5) is 34.1 Å². The highest BCUT2D eigenvalue weighted by molar-refractivity contribution is 7.20. The minimum Gasteiger partial charge on any atom is -0.454 e. The van der Waals surface area contributed by atoms with Crippen LogP contribution < -0.4 is 30.5 Å². The summed E-state index contributed by atoms with van der Waals surface area (Å²) >= 11 is 0. The van der Waals surface area contributed by atoms with Crippen LogP contribution in [0, 0.1) is 6.92 Å². The van der Waals surface area contributed by atoms with Crippen LogP contribution >= 0.6 is 0 Å². The topological polar surface area (TPSA) is 32.8 Å². The SMILES string of the molecule is Cc1cccc2c1oc1c(N(c3ccc(C(C)(C)C)cc3)c3cc4c(c5ccccc35)-c3ccc(N(c5ccc(C(C)(C)C)cc5)c5cccc6c5oc5c([Si](c7ccccc7)(c7ccccc7)c7ccccc7)cccc56)cc3C4(C)C)cccc12. The zero-order valence-electron chi connectivity index (χ0n) is 51.0. The molecule has 4 nitrogen and oxygen atoms in total. The highest BCUT2D eigenvalue weighted by Crippen LogP contribution is 2.57. The summed E-state index contributed by atoms with van der Waals surface area (Å²) in [6.07, 6.45) is 0. The van der Waals surface area contributed by atoms with Crippen LogP contribution in [-0.4, -0.2) is 8.07 Å². The third-order valence-electron chi connectivity index (χ3n) is 18.8. The number of aryl methyl sites for hydroxylation is 1. The van der Waals surface area contributed by atoms with E-state index in [4.69, 9.17) is 8.83 Å². The van der Waals surface area contributed by atoms with Gasteiger partial charge in [-0.1, -0.05) is 262 Å². The second-order valence-corrected chi connectivity index (χ2v) is 30.2. The summed E-state index contributed by atoms with van der Waals surface area (Å²) in [4.78, 5) is 4.89. The maximum absolute atomic E-state index is 7.68. The fraction of sp³-hybridized carbons (Fsp3) is 0.146. The van der Waals surface area contributed by atoms with E-state index in [-0.39, 0.29) is 10.8 Å². The second-order valence-electron chi connectivity index (χ2n) is 26.5. The molecule has 5 heteroatoms. The molecule has 0 radical (unpaired) electrons. The average molecular weight is 1140 g/mol. The summed E-state index contributed by atoms with van der Waals surface area (Å²) in [5.74, 6) is 0. The smallest absolute Gasteiger partial charge is 0.184 e. The quantitative estimate of drug-likeness (QED) is 0.101. The van der Waals surface area contributed by atoms with E-state index < -0.39 is 13.5 Å². The minimum absolute atomic E-state index is 0.00974. The van der Waals surface area contributed by atoms with Crippen LogP contribution in [0.25, 0.3) is 65.8 Å². The Kier molecular flexibility index (Phi) is 12.6. The fourth-order valence-electron chi connectivity index (χ4n) is 14.4. The summed E-state index contributed by atoms with van der Waals surface area (Å²) in [6, 6.07) is 97.1. The summed E-state index contributed by atoms with van der Waals surface area (Å²) in [5, 5.41) is 11.9. The molecule has 0 spiro atoms. The molecule has 0 amide bonds. The Bertz CT molecular complexity index is 4870.